The second kappa shape index (κ2) is 9.89. The van der Waals surface area contributed by atoms with E-state index in [0.717, 1.165) is 6.42 Å². The molecule has 1 N–H and O–H groups in total. The second-order valence-electron chi connectivity index (χ2n) is 8.89. The molecule has 32 heavy (non-hydrogen) atoms. The van der Waals surface area contributed by atoms with Crippen LogP contribution in [0, 0.1) is 0 Å². The zero-order valence-corrected chi connectivity index (χ0v) is 19.0. The standard InChI is InChI=1S/C24H32N4O4/c1-5-10-24(11-7-13-28(24)22(30)32-23(2,3)4)21(29)26-19-8-6-9-20(17-19)31-16-15-27-14-12-25-18-27/h5-6,8-9,12,14,17-18H,1,7,10-11,13,15-16H2,2-4H3,(H,26,29). The highest BCUT2D eigenvalue weighted by atomic mass is 16.6. The molecule has 2 aromatic rings. The van der Waals surface area contributed by atoms with Gasteiger partial charge in [-0.1, -0.05) is 12.1 Å². The molecule has 0 spiro atoms. The van der Waals surface area contributed by atoms with E-state index >= 15 is 0 Å². The highest BCUT2D eigenvalue weighted by Gasteiger charge is 2.50. The number of carbonyl (C=O) groups excluding carboxylic acids is 2. The second-order valence-corrected chi connectivity index (χ2v) is 8.89. The molecule has 0 bridgehead atoms. The van der Waals surface area contributed by atoms with E-state index in [1.54, 1.807) is 35.6 Å². The lowest BCUT2D eigenvalue weighted by Crippen LogP contribution is -2.56. The van der Waals surface area contributed by atoms with Crippen molar-refractivity contribution in [2.45, 2.75) is 57.7 Å². The van der Waals surface area contributed by atoms with Crippen LogP contribution in [0.15, 0.2) is 55.6 Å². The van der Waals surface area contributed by atoms with Crippen LogP contribution in [0.25, 0.3) is 0 Å². The molecule has 0 aliphatic carbocycles. The molecule has 2 heterocycles. The molecule has 172 valence electrons. The quantitative estimate of drug-likeness (QED) is 0.621. The molecule has 1 unspecified atom stereocenters. The smallest absolute Gasteiger partial charge is 0.411 e. The predicted molar refractivity (Wildman–Crippen MR) is 123 cm³/mol. The molecule has 1 atom stereocenters. The van der Waals surface area contributed by atoms with E-state index in [1.165, 1.54) is 0 Å². The zero-order chi connectivity index (χ0) is 23.2. The number of nitrogens with one attached hydrogen (secondary N) is 1. The molecule has 1 aromatic heterocycles. The lowest BCUT2D eigenvalue weighted by atomic mass is 9.90. The largest absolute Gasteiger partial charge is 0.492 e. The average Bonchev–Trinajstić information content (AvgIpc) is 3.38. The van der Waals surface area contributed by atoms with Crippen LogP contribution in [0.3, 0.4) is 0 Å². The summed E-state index contributed by atoms with van der Waals surface area (Å²) in [5.41, 5.74) is -1.06. The third-order valence-electron chi connectivity index (χ3n) is 5.28. The van der Waals surface area contributed by atoms with Crippen LogP contribution in [-0.2, 0) is 16.1 Å². The Morgan fingerprint density at radius 1 is 1.34 bits per heavy atom. The van der Waals surface area contributed by atoms with Crippen molar-refractivity contribution in [2.24, 2.45) is 0 Å². The minimum absolute atomic E-state index is 0.253. The van der Waals surface area contributed by atoms with E-state index < -0.39 is 17.2 Å². The highest BCUT2D eigenvalue weighted by Crippen LogP contribution is 2.36. The van der Waals surface area contributed by atoms with Crippen molar-refractivity contribution in [3.63, 3.8) is 0 Å². The van der Waals surface area contributed by atoms with Crippen LogP contribution in [-0.4, -0.2) is 50.7 Å². The number of likely N-dealkylation sites (tertiary alicyclic amines) is 1. The predicted octanol–water partition coefficient (Wildman–Crippen LogP) is 4.25. The Kier molecular flexibility index (Phi) is 7.22. The van der Waals surface area contributed by atoms with Crippen LogP contribution in [0.2, 0.25) is 0 Å². The third-order valence-corrected chi connectivity index (χ3v) is 5.28. The minimum atomic E-state index is -1.03. The van der Waals surface area contributed by atoms with Crippen molar-refractivity contribution < 1.29 is 19.1 Å². The molecule has 3 rings (SSSR count). The molecule has 1 saturated heterocycles. The number of imidazole rings is 1. The number of ether oxygens (including phenoxy) is 2. The lowest BCUT2D eigenvalue weighted by Gasteiger charge is -2.37. The molecule has 1 aromatic carbocycles. The van der Waals surface area contributed by atoms with Crippen molar-refractivity contribution in [3.05, 3.63) is 55.6 Å². The Labute approximate surface area is 189 Å². The summed E-state index contributed by atoms with van der Waals surface area (Å²) in [4.78, 5) is 31.8. The van der Waals surface area contributed by atoms with Crippen molar-refractivity contribution in [2.75, 3.05) is 18.5 Å². The van der Waals surface area contributed by atoms with Crippen LogP contribution >= 0.6 is 0 Å². The molecule has 1 aliphatic rings. The Balaban J connectivity index is 1.70. The average molecular weight is 441 g/mol. The maximum absolute atomic E-state index is 13.4. The van der Waals surface area contributed by atoms with Gasteiger partial charge in [0.05, 0.1) is 12.9 Å². The maximum Gasteiger partial charge on any atom is 0.411 e. The Bertz CT molecular complexity index is 936. The molecule has 2 amide bonds. The van der Waals surface area contributed by atoms with Gasteiger partial charge in [0.2, 0.25) is 0 Å². The Morgan fingerprint density at radius 3 is 2.84 bits per heavy atom. The van der Waals surface area contributed by atoms with Gasteiger partial charge in [0, 0.05) is 30.7 Å². The van der Waals surface area contributed by atoms with Gasteiger partial charge in [-0.3, -0.25) is 9.69 Å². The van der Waals surface area contributed by atoms with Crippen LogP contribution < -0.4 is 10.1 Å². The number of aromatic nitrogens is 2. The fourth-order valence-electron chi connectivity index (χ4n) is 3.84. The van der Waals surface area contributed by atoms with Gasteiger partial charge in [-0.15, -0.1) is 6.58 Å². The fourth-order valence-corrected chi connectivity index (χ4v) is 3.84. The lowest BCUT2D eigenvalue weighted by molar-refractivity contribution is -0.126. The van der Waals surface area contributed by atoms with Crippen LogP contribution in [0.5, 0.6) is 5.75 Å². The number of carbonyl (C=O) groups is 2. The Hall–Kier alpha value is -3.29. The number of benzene rings is 1. The molecule has 1 aliphatic heterocycles. The minimum Gasteiger partial charge on any atom is -0.492 e. The van der Waals surface area contributed by atoms with Gasteiger partial charge < -0.3 is 19.4 Å². The monoisotopic (exact) mass is 440 g/mol. The van der Waals surface area contributed by atoms with E-state index in [4.69, 9.17) is 9.47 Å². The summed E-state index contributed by atoms with van der Waals surface area (Å²) >= 11 is 0. The van der Waals surface area contributed by atoms with Gasteiger partial charge in [0.25, 0.3) is 5.91 Å². The van der Waals surface area contributed by atoms with Crippen LogP contribution in [0.1, 0.15) is 40.0 Å². The molecular formula is C24H32N4O4. The number of amides is 2. The van der Waals surface area contributed by atoms with Gasteiger partial charge in [0.1, 0.15) is 23.5 Å². The Morgan fingerprint density at radius 2 is 2.16 bits per heavy atom. The number of anilines is 1. The normalized spacial score (nSPS) is 18.3. The topological polar surface area (TPSA) is 85.7 Å². The summed E-state index contributed by atoms with van der Waals surface area (Å²) in [7, 11) is 0. The van der Waals surface area contributed by atoms with Crippen molar-refractivity contribution in [1.29, 1.82) is 0 Å². The summed E-state index contributed by atoms with van der Waals surface area (Å²) in [6.07, 6.45) is 8.14. The molecular weight excluding hydrogens is 408 g/mol. The van der Waals surface area contributed by atoms with Gasteiger partial charge in [-0.25, -0.2) is 9.78 Å². The zero-order valence-electron chi connectivity index (χ0n) is 19.0. The van der Waals surface area contributed by atoms with E-state index in [0.29, 0.717) is 44.0 Å². The molecule has 1 fully saturated rings. The first-order valence-corrected chi connectivity index (χ1v) is 10.9. The van der Waals surface area contributed by atoms with E-state index in [9.17, 15) is 9.59 Å². The first kappa shape index (κ1) is 23.4. The van der Waals surface area contributed by atoms with Crippen molar-refractivity contribution >= 4 is 17.7 Å². The molecule has 0 radical (unpaired) electrons. The fraction of sp³-hybridized carbons (Fsp3) is 0.458. The summed E-state index contributed by atoms with van der Waals surface area (Å²) in [5, 5.41) is 2.97. The highest BCUT2D eigenvalue weighted by molar-refractivity contribution is 6.00. The van der Waals surface area contributed by atoms with Gasteiger partial charge in [-0.2, -0.15) is 0 Å². The van der Waals surface area contributed by atoms with E-state index in [-0.39, 0.29) is 5.91 Å². The number of hydrogen-bond donors (Lipinski definition) is 1. The van der Waals surface area contributed by atoms with Gasteiger partial charge in [0.15, 0.2) is 0 Å². The van der Waals surface area contributed by atoms with E-state index in [1.807, 2.05) is 43.7 Å². The van der Waals surface area contributed by atoms with Crippen molar-refractivity contribution in [1.82, 2.24) is 14.5 Å². The van der Waals surface area contributed by atoms with Gasteiger partial charge in [-0.05, 0) is 52.2 Å². The summed E-state index contributed by atoms with van der Waals surface area (Å²) < 4.78 is 13.3. The summed E-state index contributed by atoms with van der Waals surface area (Å²) in [6, 6.07) is 7.24. The maximum atomic E-state index is 13.4. The number of nitrogens with zero attached hydrogens (tertiary/aromatic N) is 3. The van der Waals surface area contributed by atoms with Crippen molar-refractivity contribution in [3.8, 4) is 5.75 Å². The molecule has 8 nitrogen and oxygen atoms in total. The number of rotatable bonds is 8. The third kappa shape index (κ3) is 5.69. The first-order chi connectivity index (χ1) is 15.2. The molecule has 0 saturated carbocycles. The van der Waals surface area contributed by atoms with Crippen LogP contribution in [0.4, 0.5) is 10.5 Å². The summed E-state index contributed by atoms with van der Waals surface area (Å²) in [6.45, 7) is 10.9. The summed E-state index contributed by atoms with van der Waals surface area (Å²) in [5.74, 6) is 0.396. The number of hydrogen-bond acceptors (Lipinski definition) is 5. The van der Waals surface area contributed by atoms with E-state index in [2.05, 4.69) is 16.9 Å². The molecule has 8 heteroatoms. The first-order valence-electron chi connectivity index (χ1n) is 10.9. The SMILES string of the molecule is C=CCC1(C(=O)Nc2cccc(OCCn3ccnc3)c2)CCCN1C(=O)OC(C)(C)C. The van der Waals surface area contributed by atoms with Gasteiger partial charge >= 0.3 is 6.09 Å².